The van der Waals surface area contributed by atoms with Crippen LogP contribution in [0, 0.1) is 17.3 Å². The Kier molecular flexibility index (Phi) is 4.36. The Balaban J connectivity index is 2.47. The summed E-state index contributed by atoms with van der Waals surface area (Å²) in [4.78, 5) is 11.6. The number of rotatable bonds is 6. The van der Waals surface area contributed by atoms with Gasteiger partial charge in [-0.3, -0.25) is 4.79 Å². The van der Waals surface area contributed by atoms with Crippen LogP contribution in [0.1, 0.15) is 40.5 Å². The number of ether oxygens (including phenoxy) is 1. The van der Waals surface area contributed by atoms with Crippen LogP contribution in [-0.2, 0) is 9.53 Å². The van der Waals surface area contributed by atoms with E-state index in [-0.39, 0.29) is 17.4 Å². The highest BCUT2D eigenvalue weighted by Gasteiger charge is 2.37. The molecule has 0 aliphatic heterocycles. The van der Waals surface area contributed by atoms with Crippen LogP contribution in [0.5, 0.6) is 0 Å². The lowest BCUT2D eigenvalue weighted by Gasteiger charge is -2.31. The van der Waals surface area contributed by atoms with E-state index in [1.54, 1.807) is 0 Å². The molecular formula is C13H25NO2. The molecule has 1 aliphatic carbocycles. The van der Waals surface area contributed by atoms with Crippen molar-refractivity contribution >= 4 is 5.97 Å². The normalized spacial score (nSPS) is 18.6. The van der Waals surface area contributed by atoms with Gasteiger partial charge in [0.2, 0.25) is 0 Å². The lowest BCUT2D eigenvalue weighted by Crippen LogP contribution is -2.45. The van der Waals surface area contributed by atoms with Gasteiger partial charge in [-0.15, -0.1) is 0 Å². The van der Waals surface area contributed by atoms with Crippen molar-refractivity contribution in [3.8, 4) is 0 Å². The van der Waals surface area contributed by atoms with Crippen LogP contribution >= 0.6 is 0 Å². The number of hydrogen-bond donors (Lipinski definition) is 1. The van der Waals surface area contributed by atoms with Gasteiger partial charge in [-0.05, 0) is 30.1 Å². The molecule has 94 valence electrons. The van der Waals surface area contributed by atoms with Crippen LogP contribution in [0.4, 0.5) is 0 Å². The Labute approximate surface area is 98.9 Å². The molecule has 1 saturated carbocycles. The van der Waals surface area contributed by atoms with E-state index < -0.39 is 0 Å². The molecule has 0 amide bonds. The molecule has 0 aromatic heterocycles. The summed E-state index contributed by atoms with van der Waals surface area (Å²) < 4.78 is 4.84. The number of nitrogens with one attached hydrogen (secondary N) is 1. The maximum absolute atomic E-state index is 11.6. The molecule has 1 aliphatic rings. The third-order valence-corrected chi connectivity index (χ3v) is 3.89. The van der Waals surface area contributed by atoms with Gasteiger partial charge >= 0.3 is 5.97 Å². The van der Waals surface area contributed by atoms with Crippen LogP contribution in [0.2, 0.25) is 0 Å². The van der Waals surface area contributed by atoms with Gasteiger partial charge in [0.25, 0.3) is 0 Å². The van der Waals surface area contributed by atoms with Gasteiger partial charge in [-0.25, -0.2) is 0 Å². The molecule has 1 N–H and O–H groups in total. The first kappa shape index (κ1) is 13.5. The average molecular weight is 227 g/mol. The Hall–Kier alpha value is -0.570. The molecule has 0 heterocycles. The zero-order valence-corrected chi connectivity index (χ0v) is 11.2. The Morgan fingerprint density at radius 1 is 1.44 bits per heavy atom. The molecule has 16 heavy (non-hydrogen) atoms. The van der Waals surface area contributed by atoms with Crippen molar-refractivity contribution in [2.45, 2.75) is 46.6 Å². The summed E-state index contributed by atoms with van der Waals surface area (Å²) in [5.41, 5.74) is 0.209. The summed E-state index contributed by atoms with van der Waals surface area (Å²) in [6.45, 7) is 9.75. The highest BCUT2D eigenvalue weighted by atomic mass is 16.5. The number of carbonyl (C=O) groups excluding carboxylic acids is 1. The Morgan fingerprint density at radius 2 is 2.00 bits per heavy atom. The first-order valence-corrected chi connectivity index (χ1v) is 6.19. The van der Waals surface area contributed by atoms with E-state index >= 15 is 0 Å². The van der Waals surface area contributed by atoms with E-state index in [0.717, 1.165) is 19.4 Å². The van der Waals surface area contributed by atoms with Crippen molar-refractivity contribution in [3.63, 3.8) is 0 Å². The third kappa shape index (κ3) is 3.48. The molecule has 3 nitrogen and oxygen atoms in total. The van der Waals surface area contributed by atoms with Crippen LogP contribution in [0.25, 0.3) is 0 Å². The molecule has 1 atom stereocenters. The van der Waals surface area contributed by atoms with Gasteiger partial charge in [-0.1, -0.05) is 27.7 Å². The lowest BCUT2D eigenvalue weighted by atomic mass is 9.81. The molecule has 0 aromatic rings. The summed E-state index contributed by atoms with van der Waals surface area (Å²) >= 11 is 0. The van der Waals surface area contributed by atoms with Gasteiger partial charge in [0.05, 0.1) is 7.11 Å². The minimum atomic E-state index is -0.109. The fourth-order valence-electron chi connectivity index (χ4n) is 1.58. The summed E-state index contributed by atoms with van der Waals surface area (Å²) in [7, 11) is 1.47. The molecule has 0 radical (unpaired) electrons. The van der Waals surface area contributed by atoms with Gasteiger partial charge in [-0.2, -0.15) is 0 Å². The zero-order valence-electron chi connectivity index (χ0n) is 11.2. The van der Waals surface area contributed by atoms with E-state index in [4.69, 9.17) is 4.74 Å². The Morgan fingerprint density at radius 3 is 2.38 bits per heavy atom. The second-order valence-electron chi connectivity index (χ2n) is 5.86. The summed E-state index contributed by atoms with van der Waals surface area (Å²) in [5.74, 6) is 0.981. The predicted molar refractivity (Wildman–Crippen MR) is 65.1 cm³/mol. The van der Waals surface area contributed by atoms with Crippen LogP contribution in [0.3, 0.4) is 0 Å². The zero-order chi connectivity index (χ0) is 12.3. The fourth-order valence-corrected chi connectivity index (χ4v) is 1.58. The van der Waals surface area contributed by atoms with E-state index in [1.165, 1.54) is 7.11 Å². The van der Waals surface area contributed by atoms with Gasteiger partial charge < -0.3 is 10.1 Å². The van der Waals surface area contributed by atoms with Gasteiger partial charge in [0.15, 0.2) is 0 Å². The maximum Gasteiger partial charge on any atom is 0.323 e. The first-order chi connectivity index (χ1) is 7.38. The lowest BCUT2D eigenvalue weighted by molar-refractivity contribution is -0.143. The topological polar surface area (TPSA) is 38.3 Å². The standard InChI is InChI=1S/C13H25NO2/c1-9(2)13(3,4)8-14-11(10-6-7-10)12(15)16-5/h9-11,14H,6-8H2,1-5H3. The second kappa shape index (κ2) is 5.17. The van der Waals surface area contributed by atoms with Gasteiger partial charge in [0, 0.05) is 6.54 Å². The highest BCUT2D eigenvalue weighted by molar-refractivity contribution is 5.76. The average Bonchev–Trinajstić information content (AvgIpc) is 3.01. The van der Waals surface area contributed by atoms with Crippen molar-refractivity contribution in [3.05, 3.63) is 0 Å². The molecule has 0 spiro atoms. The molecule has 1 fully saturated rings. The highest BCUT2D eigenvalue weighted by Crippen LogP contribution is 2.34. The monoisotopic (exact) mass is 227 g/mol. The van der Waals surface area contributed by atoms with Crippen molar-refractivity contribution in [2.24, 2.45) is 17.3 Å². The quantitative estimate of drug-likeness (QED) is 0.707. The summed E-state index contributed by atoms with van der Waals surface area (Å²) in [6.07, 6.45) is 2.30. The predicted octanol–water partition coefficient (Wildman–Crippen LogP) is 2.21. The van der Waals surface area contributed by atoms with Crippen LogP contribution < -0.4 is 5.32 Å². The number of methoxy groups -OCH3 is 1. The molecule has 3 heteroatoms. The smallest absolute Gasteiger partial charge is 0.323 e. The van der Waals surface area contributed by atoms with Crippen LogP contribution in [0.15, 0.2) is 0 Å². The maximum atomic E-state index is 11.6. The first-order valence-electron chi connectivity index (χ1n) is 6.19. The number of hydrogen-bond acceptors (Lipinski definition) is 3. The van der Waals surface area contributed by atoms with Crippen molar-refractivity contribution in [1.82, 2.24) is 5.32 Å². The molecule has 1 unspecified atom stereocenters. The van der Waals surface area contributed by atoms with E-state index in [0.29, 0.717) is 11.8 Å². The summed E-state index contributed by atoms with van der Waals surface area (Å²) in [5, 5.41) is 3.38. The molecular weight excluding hydrogens is 202 g/mol. The number of esters is 1. The Bertz CT molecular complexity index is 244. The minimum Gasteiger partial charge on any atom is -0.468 e. The van der Waals surface area contributed by atoms with E-state index in [1.807, 2.05) is 0 Å². The molecule has 1 rings (SSSR count). The van der Waals surface area contributed by atoms with Crippen molar-refractivity contribution in [2.75, 3.05) is 13.7 Å². The van der Waals surface area contributed by atoms with Crippen molar-refractivity contribution < 1.29 is 9.53 Å². The minimum absolute atomic E-state index is 0.0944. The largest absolute Gasteiger partial charge is 0.468 e. The third-order valence-electron chi connectivity index (χ3n) is 3.89. The fraction of sp³-hybridized carbons (Fsp3) is 0.923. The molecule has 0 aromatic carbocycles. The number of carbonyl (C=O) groups is 1. The second-order valence-corrected chi connectivity index (χ2v) is 5.86. The van der Waals surface area contributed by atoms with E-state index in [2.05, 4.69) is 33.0 Å². The molecule has 0 saturated heterocycles. The van der Waals surface area contributed by atoms with Crippen LogP contribution in [-0.4, -0.2) is 25.7 Å². The van der Waals surface area contributed by atoms with Gasteiger partial charge in [0.1, 0.15) is 6.04 Å². The van der Waals surface area contributed by atoms with E-state index in [9.17, 15) is 4.79 Å². The SMILES string of the molecule is COC(=O)C(NCC(C)(C)C(C)C)C1CC1. The van der Waals surface area contributed by atoms with Crippen molar-refractivity contribution in [1.29, 1.82) is 0 Å². The summed E-state index contributed by atoms with van der Waals surface area (Å²) in [6, 6.07) is -0.0944. The molecule has 0 bridgehead atoms.